The number of allylic oxidation sites excluding steroid dienone is 1. The third-order valence-electron chi connectivity index (χ3n) is 4.54. The van der Waals surface area contributed by atoms with Crippen LogP contribution in [0.2, 0.25) is 0 Å². The number of hydrogen-bond donors (Lipinski definition) is 1. The number of ether oxygens (including phenoxy) is 2. The predicted octanol–water partition coefficient (Wildman–Crippen LogP) is 3.32. The van der Waals surface area contributed by atoms with Crippen LogP contribution in [0, 0.1) is 0 Å². The van der Waals surface area contributed by atoms with Crippen LogP contribution in [0.5, 0.6) is 5.75 Å². The van der Waals surface area contributed by atoms with Crippen LogP contribution in [0.4, 0.5) is 0 Å². The molecular formula is C21H27NO5. The lowest BCUT2D eigenvalue weighted by atomic mass is 9.64. The average molecular weight is 373 g/mol. The van der Waals surface area contributed by atoms with Gasteiger partial charge < -0.3 is 14.6 Å². The van der Waals surface area contributed by atoms with E-state index in [0.717, 1.165) is 0 Å². The Bertz CT molecular complexity index is 746. The Morgan fingerprint density at radius 1 is 1.19 bits per heavy atom. The highest BCUT2D eigenvalue weighted by molar-refractivity contribution is 5.93. The van der Waals surface area contributed by atoms with Gasteiger partial charge in [0.15, 0.2) is 0 Å². The monoisotopic (exact) mass is 373 g/mol. The molecule has 0 aromatic heterocycles. The summed E-state index contributed by atoms with van der Waals surface area (Å²) < 4.78 is 10.9. The van der Waals surface area contributed by atoms with Crippen molar-refractivity contribution in [1.82, 2.24) is 0 Å². The van der Waals surface area contributed by atoms with Crippen molar-refractivity contribution in [3.05, 3.63) is 42.0 Å². The van der Waals surface area contributed by atoms with Crippen LogP contribution in [0.15, 0.2) is 41.4 Å². The van der Waals surface area contributed by atoms with Crippen LogP contribution in [0.25, 0.3) is 0 Å². The van der Waals surface area contributed by atoms with Crippen LogP contribution >= 0.6 is 0 Å². The number of aliphatic imine (C=N–C) groups is 1. The van der Waals surface area contributed by atoms with E-state index in [1.165, 1.54) is 12.1 Å². The van der Waals surface area contributed by atoms with E-state index in [0.29, 0.717) is 5.56 Å². The zero-order chi connectivity index (χ0) is 20.3. The van der Waals surface area contributed by atoms with Crippen molar-refractivity contribution in [2.45, 2.75) is 57.6 Å². The van der Waals surface area contributed by atoms with Crippen molar-refractivity contribution in [3.8, 4) is 5.75 Å². The zero-order valence-corrected chi connectivity index (χ0v) is 16.5. The van der Waals surface area contributed by atoms with Crippen molar-refractivity contribution in [3.63, 3.8) is 0 Å². The minimum atomic E-state index is -1.44. The average Bonchev–Trinajstić information content (AvgIpc) is 3.00. The third-order valence-corrected chi connectivity index (χ3v) is 4.54. The summed E-state index contributed by atoms with van der Waals surface area (Å²) in [5.41, 5.74) is -2.71. The summed E-state index contributed by atoms with van der Waals surface area (Å²) in [5.74, 6) is -1.03. The fourth-order valence-corrected chi connectivity index (χ4v) is 3.23. The van der Waals surface area contributed by atoms with Crippen molar-refractivity contribution in [1.29, 1.82) is 0 Å². The molecule has 1 aromatic carbocycles. The molecule has 27 heavy (non-hydrogen) atoms. The van der Waals surface area contributed by atoms with Crippen molar-refractivity contribution in [2.75, 3.05) is 6.61 Å². The van der Waals surface area contributed by atoms with Gasteiger partial charge in [0.25, 0.3) is 0 Å². The molecule has 0 bridgehead atoms. The van der Waals surface area contributed by atoms with Gasteiger partial charge in [-0.3, -0.25) is 14.6 Å². The van der Waals surface area contributed by atoms with Gasteiger partial charge in [-0.2, -0.15) is 0 Å². The van der Waals surface area contributed by atoms with E-state index in [2.05, 4.69) is 4.99 Å². The van der Waals surface area contributed by atoms with E-state index < -0.39 is 28.5 Å². The van der Waals surface area contributed by atoms with Gasteiger partial charge in [0.1, 0.15) is 16.8 Å². The topological polar surface area (TPSA) is 85.2 Å². The normalized spacial score (nSPS) is 20.9. The first-order chi connectivity index (χ1) is 12.5. The lowest BCUT2D eigenvalue weighted by Gasteiger charge is -2.42. The fourth-order valence-electron chi connectivity index (χ4n) is 3.23. The molecule has 2 rings (SSSR count). The number of nitrogens with zero attached hydrogens (tertiary/aromatic N) is 1. The van der Waals surface area contributed by atoms with Crippen LogP contribution in [0.1, 0.15) is 46.6 Å². The molecular weight excluding hydrogens is 346 g/mol. The summed E-state index contributed by atoms with van der Waals surface area (Å²) in [6, 6.07) is 6.19. The molecule has 1 aliphatic heterocycles. The Hall–Kier alpha value is -2.63. The molecule has 1 heterocycles. The van der Waals surface area contributed by atoms with E-state index in [1.54, 1.807) is 65.1 Å². The van der Waals surface area contributed by atoms with Crippen molar-refractivity contribution >= 4 is 18.2 Å². The second kappa shape index (κ2) is 7.55. The molecule has 2 atom stereocenters. The Kier molecular flexibility index (Phi) is 5.78. The first-order valence-electron chi connectivity index (χ1n) is 8.96. The number of phenols is 1. The van der Waals surface area contributed by atoms with E-state index in [4.69, 9.17) is 9.47 Å². The third kappa shape index (κ3) is 4.21. The van der Waals surface area contributed by atoms with Gasteiger partial charge in [0.2, 0.25) is 0 Å². The molecule has 0 radical (unpaired) electrons. The second-order valence-corrected chi connectivity index (χ2v) is 7.72. The number of hydrogen-bond acceptors (Lipinski definition) is 6. The molecule has 1 aromatic rings. The molecule has 0 saturated heterocycles. The summed E-state index contributed by atoms with van der Waals surface area (Å²) in [6.07, 6.45) is 4.89. The van der Waals surface area contributed by atoms with E-state index in [-0.39, 0.29) is 18.8 Å². The first-order valence-corrected chi connectivity index (χ1v) is 8.96. The quantitative estimate of drug-likeness (QED) is 0.773. The minimum absolute atomic E-state index is 0.0589. The Labute approximate surface area is 159 Å². The maximum absolute atomic E-state index is 13.5. The summed E-state index contributed by atoms with van der Waals surface area (Å²) in [5, 5.41) is 9.69. The number of phenolic OH excluding ortho intramolecular Hbond substituents is 1. The standard InChI is InChI=1S/C21H27NO5/c1-6-26-17(24)14-21(18(25)27-19(2,3)4,20(5)12-7-13-22-20)15-8-10-16(23)11-9-15/h7-13,23H,6,14H2,1-5H3. The molecule has 0 amide bonds. The molecule has 0 saturated carbocycles. The summed E-state index contributed by atoms with van der Waals surface area (Å²) >= 11 is 0. The number of esters is 2. The molecule has 6 nitrogen and oxygen atoms in total. The van der Waals surface area contributed by atoms with Gasteiger partial charge >= 0.3 is 11.9 Å². The highest BCUT2D eigenvalue weighted by Crippen LogP contribution is 2.46. The number of carbonyl (C=O) groups excluding carboxylic acids is 2. The summed E-state index contributed by atoms with van der Waals surface area (Å²) in [6.45, 7) is 9.01. The maximum atomic E-state index is 13.5. The highest BCUT2D eigenvalue weighted by Gasteiger charge is 2.58. The molecule has 1 N–H and O–H groups in total. The molecule has 146 valence electrons. The van der Waals surface area contributed by atoms with Gasteiger partial charge in [-0.1, -0.05) is 18.2 Å². The number of benzene rings is 1. The first kappa shape index (κ1) is 20.7. The SMILES string of the molecule is CCOC(=O)CC(C(=O)OC(C)(C)C)(c1ccc(O)cc1)C1(C)C=CC=N1. The van der Waals surface area contributed by atoms with Gasteiger partial charge in [-0.15, -0.1) is 0 Å². The second-order valence-electron chi connectivity index (χ2n) is 7.72. The number of aromatic hydroxyl groups is 1. The molecule has 0 aliphatic carbocycles. The summed E-state index contributed by atoms with van der Waals surface area (Å²) in [4.78, 5) is 30.5. The maximum Gasteiger partial charge on any atom is 0.320 e. The molecule has 1 aliphatic rings. The van der Waals surface area contributed by atoms with Crippen molar-refractivity contribution < 1.29 is 24.2 Å². The lowest BCUT2D eigenvalue weighted by molar-refractivity contribution is -0.168. The zero-order valence-electron chi connectivity index (χ0n) is 16.5. The molecule has 2 unspecified atom stereocenters. The van der Waals surface area contributed by atoms with Crippen LogP contribution < -0.4 is 0 Å². The Morgan fingerprint density at radius 2 is 1.81 bits per heavy atom. The van der Waals surface area contributed by atoms with Gasteiger partial charge in [0.05, 0.1) is 18.6 Å². The van der Waals surface area contributed by atoms with E-state index in [9.17, 15) is 14.7 Å². The minimum Gasteiger partial charge on any atom is -0.508 e. The predicted molar refractivity (Wildman–Crippen MR) is 103 cm³/mol. The Balaban J connectivity index is 2.69. The number of carbonyl (C=O) groups is 2. The lowest BCUT2D eigenvalue weighted by Crippen LogP contribution is -2.55. The largest absolute Gasteiger partial charge is 0.508 e. The smallest absolute Gasteiger partial charge is 0.320 e. The molecule has 0 spiro atoms. The summed E-state index contributed by atoms with van der Waals surface area (Å²) in [7, 11) is 0. The van der Waals surface area contributed by atoms with Crippen LogP contribution in [0.3, 0.4) is 0 Å². The van der Waals surface area contributed by atoms with E-state index in [1.807, 2.05) is 0 Å². The van der Waals surface area contributed by atoms with Crippen LogP contribution in [-0.2, 0) is 24.5 Å². The Morgan fingerprint density at radius 3 is 2.30 bits per heavy atom. The highest BCUT2D eigenvalue weighted by atomic mass is 16.6. The van der Waals surface area contributed by atoms with Gasteiger partial charge in [0, 0.05) is 6.21 Å². The molecule has 6 heteroatoms. The van der Waals surface area contributed by atoms with Gasteiger partial charge in [-0.25, -0.2) is 0 Å². The van der Waals surface area contributed by atoms with Crippen LogP contribution in [-0.4, -0.2) is 41.0 Å². The van der Waals surface area contributed by atoms with Crippen molar-refractivity contribution in [2.24, 2.45) is 4.99 Å². The fraction of sp³-hybridized carbons (Fsp3) is 0.476. The van der Waals surface area contributed by atoms with E-state index >= 15 is 0 Å². The van der Waals surface area contributed by atoms with Gasteiger partial charge in [-0.05, 0) is 58.4 Å². The number of rotatable bonds is 6. The molecule has 0 fully saturated rings.